The lowest BCUT2D eigenvalue weighted by Crippen LogP contribution is -2.10. The van der Waals surface area contributed by atoms with Gasteiger partial charge in [0.2, 0.25) is 0 Å². The number of unbranched alkanes of at least 4 members (excludes halogenated alkanes) is 4. The Labute approximate surface area is 92.1 Å². The quantitative estimate of drug-likeness (QED) is 0.354. The molecule has 0 bridgehead atoms. The third-order valence-corrected chi connectivity index (χ3v) is 2.73. The van der Waals surface area contributed by atoms with Crippen molar-refractivity contribution in [3.63, 3.8) is 0 Å². The monoisotopic (exact) mass is 214 g/mol. The highest BCUT2D eigenvalue weighted by Crippen LogP contribution is 2.21. The maximum Gasteiger partial charge on any atom is 0.305 e. The first kappa shape index (κ1) is 12.5. The molecule has 15 heavy (non-hydrogen) atoms. The number of rotatable bonds is 8. The smallest absolute Gasteiger partial charge is 0.305 e. The van der Waals surface area contributed by atoms with Gasteiger partial charge in [-0.1, -0.05) is 32.6 Å². The maximum atomic E-state index is 11.2. The summed E-state index contributed by atoms with van der Waals surface area (Å²) in [5.74, 6) is -0.0748. The van der Waals surface area contributed by atoms with Crippen molar-refractivity contribution in [2.24, 2.45) is 0 Å². The molecule has 0 aliphatic carbocycles. The maximum absolute atomic E-state index is 11.2. The summed E-state index contributed by atoms with van der Waals surface area (Å²) in [6.07, 6.45) is 6.83. The van der Waals surface area contributed by atoms with Crippen LogP contribution >= 0.6 is 0 Å². The molecule has 0 radical (unpaired) electrons. The van der Waals surface area contributed by atoms with Gasteiger partial charge in [-0.2, -0.15) is 0 Å². The van der Waals surface area contributed by atoms with Gasteiger partial charge in [-0.3, -0.25) is 4.79 Å². The molecular formula is C12H22O3. The van der Waals surface area contributed by atoms with Crippen LogP contribution in [0.15, 0.2) is 0 Å². The van der Waals surface area contributed by atoms with E-state index in [-0.39, 0.29) is 18.2 Å². The van der Waals surface area contributed by atoms with Crippen molar-refractivity contribution < 1.29 is 14.3 Å². The molecule has 0 aromatic heterocycles. The summed E-state index contributed by atoms with van der Waals surface area (Å²) in [4.78, 5) is 11.2. The Kier molecular flexibility index (Phi) is 5.69. The molecule has 1 rings (SSSR count). The van der Waals surface area contributed by atoms with Crippen LogP contribution in [0, 0.1) is 0 Å². The summed E-state index contributed by atoms with van der Waals surface area (Å²) in [5.41, 5.74) is 0. The minimum atomic E-state index is -0.0748. The van der Waals surface area contributed by atoms with E-state index < -0.39 is 0 Å². The molecule has 0 saturated carbocycles. The standard InChI is InChI=1S/C12H22O3/c1-3-4-5-6-7-8-12(13)14-9-11-10(2)15-11/h10-11H,3-9H2,1-2H3. The van der Waals surface area contributed by atoms with E-state index in [4.69, 9.17) is 9.47 Å². The van der Waals surface area contributed by atoms with E-state index in [1.54, 1.807) is 0 Å². The molecule has 3 nitrogen and oxygen atoms in total. The van der Waals surface area contributed by atoms with Gasteiger partial charge in [0.25, 0.3) is 0 Å². The lowest BCUT2D eigenvalue weighted by Gasteiger charge is -2.02. The Balaban J connectivity index is 1.85. The molecule has 88 valence electrons. The van der Waals surface area contributed by atoms with E-state index >= 15 is 0 Å². The molecule has 1 fully saturated rings. The molecule has 0 N–H and O–H groups in total. The fraction of sp³-hybridized carbons (Fsp3) is 0.917. The minimum Gasteiger partial charge on any atom is -0.463 e. The molecule has 2 unspecified atom stereocenters. The minimum absolute atomic E-state index is 0.0748. The zero-order valence-electron chi connectivity index (χ0n) is 9.83. The van der Waals surface area contributed by atoms with Gasteiger partial charge in [-0.25, -0.2) is 0 Å². The highest BCUT2D eigenvalue weighted by molar-refractivity contribution is 5.69. The summed E-state index contributed by atoms with van der Waals surface area (Å²) >= 11 is 0. The Morgan fingerprint density at radius 1 is 1.27 bits per heavy atom. The lowest BCUT2D eigenvalue weighted by atomic mass is 10.1. The van der Waals surface area contributed by atoms with E-state index in [1.165, 1.54) is 19.3 Å². The van der Waals surface area contributed by atoms with Crippen LogP contribution in [0.4, 0.5) is 0 Å². The zero-order valence-corrected chi connectivity index (χ0v) is 9.83. The molecule has 0 aromatic rings. The van der Waals surface area contributed by atoms with Crippen molar-refractivity contribution in [2.45, 2.75) is 64.6 Å². The highest BCUT2D eigenvalue weighted by Gasteiger charge is 2.35. The van der Waals surface area contributed by atoms with Gasteiger partial charge >= 0.3 is 5.97 Å². The number of hydrogen-bond acceptors (Lipinski definition) is 3. The van der Waals surface area contributed by atoms with E-state index in [1.807, 2.05) is 6.92 Å². The van der Waals surface area contributed by atoms with Gasteiger partial charge in [0.05, 0.1) is 6.10 Å². The Morgan fingerprint density at radius 3 is 2.53 bits per heavy atom. The summed E-state index contributed by atoms with van der Waals surface area (Å²) < 4.78 is 10.2. The van der Waals surface area contributed by atoms with Gasteiger partial charge in [0.1, 0.15) is 12.7 Å². The van der Waals surface area contributed by atoms with Crippen LogP contribution in [-0.4, -0.2) is 24.8 Å². The summed E-state index contributed by atoms with van der Waals surface area (Å²) in [6, 6.07) is 0. The predicted molar refractivity (Wildman–Crippen MR) is 58.7 cm³/mol. The largest absolute Gasteiger partial charge is 0.463 e. The molecule has 1 aliphatic rings. The summed E-state index contributed by atoms with van der Waals surface area (Å²) in [5, 5.41) is 0. The molecule has 1 heterocycles. The van der Waals surface area contributed by atoms with Crippen LogP contribution in [0.1, 0.15) is 52.4 Å². The molecule has 3 heteroatoms. The fourth-order valence-electron chi connectivity index (χ4n) is 1.53. The summed E-state index contributed by atoms with van der Waals surface area (Å²) in [7, 11) is 0. The molecule has 0 aromatic carbocycles. The van der Waals surface area contributed by atoms with Crippen LogP contribution in [0.3, 0.4) is 0 Å². The highest BCUT2D eigenvalue weighted by atomic mass is 16.6. The van der Waals surface area contributed by atoms with Gasteiger partial charge < -0.3 is 9.47 Å². The second-order valence-electron chi connectivity index (χ2n) is 4.23. The van der Waals surface area contributed by atoms with Crippen LogP contribution in [0.25, 0.3) is 0 Å². The van der Waals surface area contributed by atoms with Gasteiger partial charge in [-0.05, 0) is 13.3 Å². The van der Waals surface area contributed by atoms with Gasteiger partial charge in [0.15, 0.2) is 0 Å². The van der Waals surface area contributed by atoms with Crippen molar-refractivity contribution in [1.82, 2.24) is 0 Å². The van der Waals surface area contributed by atoms with Crippen LogP contribution in [0.2, 0.25) is 0 Å². The van der Waals surface area contributed by atoms with Gasteiger partial charge in [0, 0.05) is 6.42 Å². The Bertz CT molecular complexity index is 191. The number of epoxide rings is 1. The lowest BCUT2D eigenvalue weighted by molar-refractivity contribution is -0.144. The van der Waals surface area contributed by atoms with Crippen LogP contribution in [-0.2, 0) is 14.3 Å². The fourth-order valence-corrected chi connectivity index (χ4v) is 1.53. The topological polar surface area (TPSA) is 38.8 Å². The Morgan fingerprint density at radius 2 is 1.93 bits per heavy atom. The SMILES string of the molecule is CCCCCCCC(=O)OCC1OC1C. The van der Waals surface area contributed by atoms with Crippen molar-refractivity contribution in [3.05, 3.63) is 0 Å². The number of esters is 1. The van der Waals surface area contributed by atoms with Crippen molar-refractivity contribution in [1.29, 1.82) is 0 Å². The average molecular weight is 214 g/mol. The molecule has 0 spiro atoms. The second-order valence-corrected chi connectivity index (χ2v) is 4.23. The van der Waals surface area contributed by atoms with Crippen molar-refractivity contribution in [3.8, 4) is 0 Å². The van der Waals surface area contributed by atoms with Gasteiger partial charge in [-0.15, -0.1) is 0 Å². The normalized spacial score (nSPS) is 23.9. The van der Waals surface area contributed by atoms with E-state index in [9.17, 15) is 4.79 Å². The third kappa shape index (κ3) is 5.78. The molecule has 1 aliphatic heterocycles. The third-order valence-electron chi connectivity index (χ3n) is 2.73. The molecule has 1 saturated heterocycles. The average Bonchev–Trinajstić information content (AvgIpc) is 2.91. The number of ether oxygens (including phenoxy) is 2. The van der Waals surface area contributed by atoms with Crippen molar-refractivity contribution in [2.75, 3.05) is 6.61 Å². The summed E-state index contributed by atoms with van der Waals surface area (Å²) in [6.45, 7) is 4.61. The zero-order chi connectivity index (χ0) is 11.1. The number of carbonyl (C=O) groups excluding carboxylic acids is 1. The molecule has 2 atom stereocenters. The van der Waals surface area contributed by atoms with E-state index in [0.29, 0.717) is 13.0 Å². The van der Waals surface area contributed by atoms with Crippen LogP contribution < -0.4 is 0 Å². The van der Waals surface area contributed by atoms with Crippen LogP contribution in [0.5, 0.6) is 0 Å². The molecule has 0 amide bonds. The van der Waals surface area contributed by atoms with E-state index in [0.717, 1.165) is 12.8 Å². The predicted octanol–water partition coefficient (Wildman–Crippen LogP) is 2.68. The first-order valence-corrected chi connectivity index (χ1v) is 6.05. The second kappa shape index (κ2) is 6.83. The van der Waals surface area contributed by atoms with Crippen molar-refractivity contribution >= 4 is 5.97 Å². The Hall–Kier alpha value is -0.570. The number of carbonyl (C=O) groups is 1. The number of hydrogen-bond donors (Lipinski definition) is 0. The first-order valence-electron chi connectivity index (χ1n) is 6.05. The molecular weight excluding hydrogens is 192 g/mol. The van der Waals surface area contributed by atoms with E-state index in [2.05, 4.69) is 6.92 Å². The first-order chi connectivity index (χ1) is 7.24.